The number of benzene rings is 1. The summed E-state index contributed by atoms with van der Waals surface area (Å²) < 4.78 is 0.162. The summed E-state index contributed by atoms with van der Waals surface area (Å²) in [5, 5.41) is 21.1. The maximum Gasteiger partial charge on any atom is 0.361 e. The van der Waals surface area contributed by atoms with E-state index < -0.39 is 21.2 Å². The van der Waals surface area contributed by atoms with E-state index in [1.54, 1.807) is 0 Å². The molecule has 0 aliphatic heterocycles. The monoisotopic (exact) mass is 324 g/mol. The Balaban J connectivity index is 3.58. The first-order valence-electron chi connectivity index (χ1n) is 3.22. The standard InChI is InChI=1S/C6H2Br2N2O4/c7-3-1-2-4(8)6(10(13)14)5(3)9(11)12/h1-2H. The van der Waals surface area contributed by atoms with E-state index in [0.29, 0.717) is 0 Å². The predicted molar refractivity (Wildman–Crippen MR) is 55.2 cm³/mol. The zero-order valence-electron chi connectivity index (χ0n) is 6.44. The SMILES string of the molecule is O=[N+]([O-])c1c(Br)ccc(Br)c1[N+](=O)[O-]. The van der Waals surface area contributed by atoms with Crippen LogP contribution in [-0.4, -0.2) is 9.85 Å². The Morgan fingerprint density at radius 3 is 1.43 bits per heavy atom. The fraction of sp³-hybridized carbons (Fsp3) is 0. The van der Waals surface area contributed by atoms with Crippen molar-refractivity contribution in [1.29, 1.82) is 0 Å². The predicted octanol–water partition coefficient (Wildman–Crippen LogP) is 3.03. The summed E-state index contributed by atoms with van der Waals surface area (Å²) in [5.74, 6) is 0. The lowest BCUT2D eigenvalue weighted by Crippen LogP contribution is -1.98. The van der Waals surface area contributed by atoms with Gasteiger partial charge in [0.2, 0.25) is 0 Å². The van der Waals surface area contributed by atoms with E-state index in [1.165, 1.54) is 12.1 Å². The molecule has 0 aliphatic carbocycles. The molecule has 8 heteroatoms. The molecular weight excluding hydrogens is 324 g/mol. The molecule has 0 atom stereocenters. The van der Waals surface area contributed by atoms with Crippen LogP contribution in [0.15, 0.2) is 21.1 Å². The molecule has 1 rings (SSSR count). The minimum Gasteiger partial charge on any atom is -0.258 e. The highest BCUT2D eigenvalue weighted by molar-refractivity contribution is 9.11. The Morgan fingerprint density at radius 2 is 1.21 bits per heavy atom. The average molecular weight is 326 g/mol. The van der Waals surface area contributed by atoms with Crippen molar-refractivity contribution in [3.05, 3.63) is 41.3 Å². The molecule has 0 heterocycles. The third kappa shape index (κ3) is 1.90. The van der Waals surface area contributed by atoms with E-state index in [-0.39, 0.29) is 8.95 Å². The molecular formula is C6H2Br2N2O4. The van der Waals surface area contributed by atoms with Gasteiger partial charge >= 0.3 is 11.4 Å². The molecule has 0 spiro atoms. The maximum atomic E-state index is 10.5. The zero-order valence-corrected chi connectivity index (χ0v) is 9.61. The molecule has 0 fully saturated rings. The molecule has 0 bridgehead atoms. The molecule has 6 nitrogen and oxygen atoms in total. The van der Waals surface area contributed by atoms with Crippen molar-refractivity contribution >= 4 is 43.2 Å². The van der Waals surface area contributed by atoms with Crippen molar-refractivity contribution in [2.45, 2.75) is 0 Å². The van der Waals surface area contributed by atoms with Gasteiger partial charge in [-0.2, -0.15) is 0 Å². The van der Waals surface area contributed by atoms with Gasteiger partial charge in [0.1, 0.15) is 8.95 Å². The number of nitro benzene ring substituents is 2. The normalized spacial score (nSPS) is 9.86. The lowest BCUT2D eigenvalue weighted by molar-refractivity contribution is -0.423. The second kappa shape index (κ2) is 4.01. The summed E-state index contributed by atoms with van der Waals surface area (Å²) in [6, 6.07) is 2.74. The summed E-state index contributed by atoms with van der Waals surface area (Å²) in [6.07, 6.45) is 0. The Kier molecular flexibility index (Phi) is 3.17. The molecule has 0 unspecified atom stereocenters. The number of nitro groups is 2. The molecule has 0 saturated heterocycles. The third-order valence-corrected chi connectivity index (χ3v) is 2.70. The van der Waals surface area contributed by atoms with Gasteiger partial charge in [0.15, 0.2) is 0 Å². The van der Waals surface area contributed by atoms with Crippen LogP contribution >= 0.6 is 31.9 Å². The van der Waals surface area contributed by atoms with E-state index >= 15 is 0 Å². The quantitative estimate of drug-likeness (QED) is 0.617. The van der Waals surface area contributed by atoms with Crippen molar-refractivity contribution in [3.8, 4) is 0 Å². The molecule has 1 aromatic rings. The molecule has 0 saturated carbocycles. The fourth-order valence-electron chi connectivity index (χ4n) is 0.878. The van der Waals surface area contributed by atoms with Gasteiger partial charge in [-0.25, -0.2) is 0 Å². The van der Waals surface area contributed by atoms with Crippen LogP contribution < -0.4 is 0 Å². The van der Waals surface area contributed by atoms with Gasteiger partial charge < -0.3 is 0 Å². The van der Waals surface area contributed by atoms with Gasteiger partial charge in [0.25, 0.3) is 0 Å². The second-order valence-electron chi connectivity index (χ2n) is 2.24. The Morgan fingerprint density at radius 1 is 0.929 bits per heavy atom. The third-order valence-electron chi connectivity index (χ3n) is 1.42. The lowest BCUT2D eigenvalue weighted by Gasteiger charge is -1.98. The van der Waals surface area contributed by atoms with Crippen molar-refractivity contribution in [2.75, 3.05) is 0 Å². The number of rotatable bonds is 2. The zero-order chi connectivity index (χ0) is 10.9. The topological polar surface area (TPSA) is 86.3 Å². The average Bonchev–Trinajstić information content (AvgIpc) is 2.07. The number of nitrogens with zero attached hydrogens (tertiary/aromatic N) is 2. The van der Waals surface area contributed by atoms with Crippen LogP contribution in [0.1, 0.15) is 0 Å². The van der Waals surface area contributed by atoms with E-state index in [4.69, 9.17) is 0 Å². The number of hydrogen-bond acceptors (Lipinski definition) is 4. The molecule has 14 heavy (non-hydrogen) atoms. The lowest BCUT2D eigenvalue weighted by atomic mass is 10.3. The number of halogens is 2. The van der Waals surface area contributed by atoms with E-state index in [0.717, 1.165) is 0 Å². The Bertz CT molecular complexity index is 382. The van der Waals surface area contributed by atoms with Gasteiger partial charge in [-0.15, -0.1) is 0 Å². The van der Waals surface area contributed by atoms with E-state index in [9.17, 15) is 20.2 Å². The van der Waals surface area contributed by atoms with Gasteiger partial charge in [-0.05, 0) is 44.0 Å². The van der Waals surface area contributed by atoms with Crippen LogP contribution in [0, 0.1) is 20.2 Å². The second-order valence-corrected chi connectivity index (χ2v) is 3.95. The van der Waals surface area contributed by atoms with Crippen LogP contribution in [0.3, 0.4) is 0 Å². The molecule has 0 radical (unpaired) electrons. The van der Waals surface area contributed by atoms with Gasteiger partial charge in [0.05, 0.1) is 9.85 Å². The summed E-state index contributed by atoms with van der Waals surface area (Å²) in [4.78, 5) is 19.5. The smallest absolute Gasteiger partial charge is 0.258 e. The van der Waals surface area contributed by atoms with Crippen LogP contribution in [0.4, 0.5) is 11.4 Å². The minimum atomic E-state index is -0.799. The van der Waals surface area contributed by atoms with Crippen LogP contribution in [-0.2, 0) is 0 Å². The van der Waals surface area contributed by atoms with Crippen molar-refractivity contribution < 1.29 is 9.85 Å². The first kappa shape index (κ1) is 11.1. The molecule has 0 aromatic heterocycles. The number of hydrogen-bond donors (Lipinski definition) is 0. The fourth-order valence-corrected chi connectivity index (χ4v) is 1.81. The van der Waals surface area contributed by atoms with Crippen LogP contribution in [0.5, 0.6) is 0 Å². The highest BCUT2D eigenvalue weighted by atomic mass is 79.9. The van der Waals surface area contributed by atoms with E-state index in [2.05, 4.69) is 31.9 Å². The highest BCUT2D eigenvalue weighted by Crippen LogP contribution is 2.39. The summed E-state index contributed by atoms with van der Waals surface area (Å²) in [6.45, 7) is 0. The highest BCUT2D eigenvalue weighted by Gasteiger charge is 2.30. The first-order chi connectivity index (χ1) is 6.45. The van der Waals surface area contributed by atoms with Gasteiger partial charge in [-0.3, -0.25) is 20.2 Å². The maximum absolute atomic E-state index is 10.5. The largest absolute Gasteiger partial charge is 0.361 e. The van der Waals surface area contributed by atoms with Crippen molar-refractivity contribution in [1.82, 2.24) is 0 Å². The van der Waals surface area contributed by atoms with Crippen molar-refractivity contribution in [3.63, 3.8) is 0 Å². The van der Waals surface area contributed by atoms with Crippen LogP contribution in [0.25, 0.3) is 0 Å². The molecule has 0 amide bonds. The molecule has 1 aromatic carbocycles. The van der Waals surface area contributed by atoms with Crippen molar-refractivity contribution in [2.24, 2.45) is 0 Å². The van der Waals surface area contributed by atoms with Gasteiger partial charge in [0, 0.05) is 0 Å². The Hall–Kier alpha value is -1.02. The summed E-state index contributed by atoms with van der Waals surface area (Å²) >= 11 is 5.77. The summed E-state index contributed by atoms with van der Waals surface area (Å²) in [7, 11) is 0. The van der Waals surface area contributed by atoms with Gasteiger partial charge in [-0.1, -0.05) is 0 Å². The summed E-state index contributed by atoms with van der Waals surface area (Å²) in [5.41, 5.74) is -1.10. The first-order valence-corrected chi connectivity index (χ1v) is 4.80. The minimum absolute atomic E-state index is 0.0809. The molecule has 0 aliphatic rings. The van der Waals surface area contributed by atoms with Crippen LogP contribution in [0.2, 0.25) is 0 Å². The van der Waals surface area contributed by atoms with E-state index in [1.807, 2.05) is 0 Å². The molecule has 74 valence electrons. The molecule has 0 N–H and O–H groups in total. The Labute approximate surface area is 94.5 Å².